The first-order chi connectivity index (χ1) is 11.7. The summed E-state index contributed by atoms with van der Waals surface area (Å²) in [5.74, 6) is 0. The van der Waals surface area contributed by atoms with Crippen LogP contribution in [0.25, 0.3) is 0 Å². The molecule has 6 nitrogen and oxygen atoms in total. The molecular formula is C18H23N3O3. The quantitative estimate of drug-likeness (QED) is 0.730. The second-order valence-electron chi connectivity index (χ2n) is 5.32. The first-order valence-corrected chi connectivity index (χ1v) is 7.83. The molecule has 1 atom stereocenters. The number of hydrogen-bond donors (Lipinski definition) is 2. The summed E-state index contributed by atoms with van der Waals surface area (Å²) in [5.41, 5.74) is 2.52. The second-order valence-corrected chi connectivity index (χ2v) is 5.32. The third kappa shape index (κ3) is 5.98. The number of amides is 2. The van der Waals surface area contributed by atoms with E-state index in [0.29, 0.717) is 25.5 Å². The zero-order chi connectivity index (χ0) is 17.2. The highest BCUT2D eigenvalue weighted by molar-refractivity contribution is 5.89. The van der Waals surface area contributed by atoms with Gasteiger partial charge >= 0.3 is 6.03 Å². The van der Waals surface area contributed by atoms with Crippen molar-refractivity contribution in [3.63, 3.8) is 0 Å². The topological polar surface area (TPSA) is 72.5 Å². The number of pyridine rings is 1. The number of carbonyl (C=O) groups excluding carboxylic acids is 1. The molecule has 2 rings (SSSR count). The van der Waals surface area contributed by atoms with Gasteiger partial charge in [-0.1, -0.05) is 18.2 Å². The van der Waals surface area contributed by atoms with Crippen molar-refractivity contribution in [1.29, 1.82) is 0 Å². The average molecular weight is 329 g/mol. The van der Waals surface area contributed by atoms with Crippen LogP contribution in [0, 0.1) is 0 Å². The summed E-state index contributed by atoms with van der Waals surface area (Å²) < 4.78 is 10.4. The number of hydrogen-bond acceptors (Lipinski definition) is 4. The van der Waals surface area contributed by atoms with Gasteiger partial charge in [-0.2, -0.15) is 0 Å². The Labute approximate surface area is 142 Å². The lowest BCUT2D eigenvalue weighted by molar-refractivity contribution is 0.0617. The van der Waals surface area contributed by atoms with Gasteiger partial charge in [-0.3, -0.25) is 4.98 Å². The third-order valence-electron chi connectivity index (χ3n) is 3.36. The Bertz CT molecular complexity index is 634. The molecule has 0 aliphatic carbocycles. The molecule has 128 valence electrons. The first kappa shape index (κ1) is 17.9. The molecule has 6 heteroatoms. The van der Waals surface area contributed by atoms with Crippen molar-refractivity contribution in [2.75, 3.05) is 25.6 Å². The maximum atomic E-state index is 12.1. The Morgan fingerprint density at radius 2 is 2.08 bits per heavy atom. The van der Waals surface area contributed by atoms with E-state index in [1.54, 1.807) is 13.3 Å². The van der Waals surface area contributed by atoms with Crippen LogP contribution in [0.15, 0.2) is 48.7 Å². The summed E-state index contributed by atoms with van der Waals surface area (Å²) in [6.07, 6.45) is 1.71. The minimum atomic E-state index is -0.273. The molecule has 0 saturated carbocycles. The van der Waals surface area contributed by atoms with E-state index in [1.165, 1.54) is 0 Å². The Balaban J connectivity index is 1.85. The van der Waals surface area contributed by atoms with Gasteiger partial charge in [0.2, 0.25) is 0 Å². The molecule has 0 radical (unpaired) electrons. The third-order valence-corrected chi connectivity index (χ3v) is 3.36. The van der Waals surface area contributed by atoms with Crippen LogP contribution in [0.5, 0.6) is 0 Å². The highest BCUT2D eigenvalue weighted by Crippen LogP contribution is 2.13. The lowest BCUT2D eigenvalue weighted by Gasteiger charge is -2.14. The summed E-state index contributed by atoms with van der Waals surface area (Å²) in [6, 6.07) is 12.7. The molecule has 0 bridgehead atoms. The fourth-order valence-corrected chi connectivity index (χ4v) is 2.14. The molecule has 2 aromatic rings. The maximum Gasteiger partial charge on any atom is 0.319 e. The van der Waals surface area contributed by atoms with Gasteiger partial charge in [-0.25, -0.2) is 4.79 Å². The Morgan fingerprint density at radius 3 is 2.83 bits per heavy atom. The molecule has 0 aliphatic rings. The van der Waals surface area contributed by atoms with Gasteiger partial charge in [-0.15, -0.1) is 0 Å². The first-order valence-electron chi connectivity index (χ1n) is 7.83. The minimum absolute atomic E-state index is 0.174. The van der Waals surface area contributed by atoms with E-state index in [2.05, 4.69) is 15.6 Å². The molecule has 2 N–H and O–H groups in total. The highest BCUT2D eigenvalue weighted by atomic mass is 16.5. The Hall–Kier alpha value is -2.44. The normalized spacial score (nSPS) is 11.8. The van der Waals surface area contributed by atoms with Crippen LogP contribution in [0.3, 0.4) is 0 Å². The van der Waals surface area contributed by atoms with Crippen molar-refractivity contribution < 1.29 is 14.3 Å². The maximum absolute atomic E-state index is 12.1. The van der Waals surface area contributed by atoms with E-state index in [-0.39, 0.29) is 12.1 Å². The zero-order valence-electron chi connectivity index (χ0n) is 14.0. The molecule has 0 spiro atoms. The predicted molar refractivity (Wildman–Crippen MR) is 92.8 cm³/mol. The molecule has 1 heterocycles. The van der Waals surface area contributed by atoms with Crippen LogP contribution >= 0.6 is 0 Å². The standard InChI is InChI=1S/C18H23N3O3/c1-14(17-8-3-4-9-19-17)20-18(22)21-16-7-5-6-15(12-16)13-24-11-10-23-2/h3-9,12,14H,10-11,13H2,1-2H3,(H2,20,21,22)/t14-/m0/s1. The van der Waals surface area contributed by atoms with Gasteiger partial charge in [0.15, 0.2) is 0 Å². The van der Waals surface area contributed by atoms with Crippen molar-refractivity contribution in [2.24, 2.45) is 0 Å². The van der Waals surface area contributed by atoms with Crippen LogP contribution in [-0.2, 0) is 16.1 Å². The summed E-state index contributed by atoms with van der Waals surface area (Å²) >= 11 is 0. The largest absolute Gasteiger partial charge is 0.382 e. The second kappa shape index (κ2) is 9.64. The van der Waals surface area contributed by atoms with Crippen LogP contribution < -0.4 is 10.6 Å². The van der Waals surface area contributed by atoms with Crippen LogP contribution in [-0.4, -0.2) is 31.3 Å². The Kier molecular flexibility index (Phi) is 7.20. The fourth-order valence-electron chi connectivity index (χ4n) is 2.14. The van der Waals surface area contributed by atoms with Gasteiger partial charge in [0, 0.05) is 19.0 Å². The molecule has 1 aromatic carbocycles. The number of carbonyl (C=O) groups is 1. The van der Waals surface area contributed by atoms with Crippen molar-refractivity contribution >= 4 is 11.7 Å². The van der Waals surface area contributed by atoms with Crippen molar-refractivity contribution in [1.82, 2.24) is 10.3 Å². The molecular weight excluding hydrogens is 306 g/mol. The molecule has 24 heavy (non-hydrogen) atoms. The minimum Gasteiger partial charge on any atom is -0.382 e. The van der Waals surface area contributed by atoms with E-state index < -0.39 is 0 Å². The average Bonchev–Trinajstić information content (AvgIpc) is 2.60. The molecule has 0 unspecified atom stereocenters. The molecule has 0 fully saturated rings. The highest BCUT2D eigenvalue weighted by Gasteiger charge is 2.10. The number of anilines is 1. The van der Waals surface area contributed by atoms with Gasteiger partial charge in [0.05, 0.1) is 31.6 Å². The van der Waals surface area contributed by atoms with Gasteiger partial charge in [0.25, 0.3) is 0 Å². The number of methoxy groups -OCH3 is 1. The van der Waals surface area contributed by atoms with Gasteiger partial charge < -0.3 is 20.1 Å². The SMILES string of the molecule is COCCOCc1cccc(NC(=O)N[C@@H](C)c2ccccn2)c1. The monoisotopic (exact) mass is 329 g/mol. The summed E-state index contributed by atoms with van der Waals surface area (Å²) in [7, 11) is 1.64. The van der Waals surface area contributed by atoms with Crippen molar-refractivity contribution in [3.05, 3.63) is 59.9 Å². The van der Waals surface area contributed by atoms with Crippen molar-refractivity contribution in [3.8, 4) is 0 Å². The van der Waals surface area contributed by atoms with Crippen LogP contribution in [0.2, 0.25) is 0 Å². The van der Waals surface area contributed by atoms with Gasteiger partial charge in [0.1, 0.15) is 0 Å². The van der Waals surface area contributed by atoms with E-state index in [4.69, 9.17) is 9.47 Å². The molecule has 2 amide bonds. The van der Waals surface area contributed by atoms with Crippen LogP contribution in [0.4, 0.5) is 10.5 Å². The summed E-state index contributed by atoms with van der Waals surface area (Å²) in [4.78, 5) is 16.3. The fraction of sp³-hybridized carbons (Fsp3) is 0.333. The number of nitrogens with zero attached hydrogens (tertiary/aromatic N) is 1. The van der Waals surface area contributed by atoms with E-state index in [9.17, 15) is 4.79 Å². The lowest BCUT2D eigenvalue weighted by atomic mass is 10.2. The smallest absolute Gasteiger partial charge is 0.319 e. The van der Waals surface area contributed by atoms with E-state index in [0.717, 1.165) is 11.3 Å². The molecule has 1 aromatic heterocycles. The number of ether oxygens (including phenoxy) is 2. The van der Waals surface area contributed by atoms with E-state index >= 15 is 0 Å². The molecule has 0 aliphatic heterocycles. The Morgan fingerprint density at radius 1 is 1.21 bits per heavy atom. The van der Waals surface area contributed by atoms with Crippen molar-refractivity contribution in [2.45, 2.75) is 19.6 Å². The number of nitrogens with one attached hydrogen (secondary N) is 2. The van der Waals surface area contributed by atoms with E-state index in [1.807, 2.05) is 49.4 Å². The predicted octanol–water partition coefficient (Wildman–Crippen LogP) is 3.13. The summed E-state index contributed by atoms with van der Waals surface area (Å²) in [5, 5.41) is 5.69. The zero-order valence-corrected chi connectivity index (χ0v) is 14.0. The number of benzene rings is 1. The number of rotatable bonds is 8. The van der Waals surface area contributed by atoms with Gasteiger partial charge in [-0.05, 0) is 36.8 Å². The number of urea groups is 1. The molecule has 0 saturated heterocycles. The number of aromatic nitrogens is 1. The summed E-state index contributed by atoms with van der Waals surface area (Å²) in [6.45, 7) is 3.47. The van der Waals surface area contributed by atoms with Crippen LogP contribution in [0.1, 0.15) is 24.2 Å². The lowest BCUT2D eigenvalue weighted by Crippen LogP contribution is -2.31.